The molecule has 0 bridgehead atoms. The van der Waals surface area contributed by atoms with Gasteiger partial charge in [-0.1, -0.05) is 0 Å². The van der Waals surface area contributed by atoms with Gasteiger partial charge in [0.2, 0.25) is 5.91 Å². The Hall–Kier alpha value is -1.14. The zero-order valence-corrected chi connectivity index (χ0v) is 12.7. The molecule has 1 saturated heterocycles. The van der Waals surface area contributed by atoms with Crippen molar-refractivity contribution in [1.29, 1.82) is 0 Å². The van der Waals surface area contributed by atoms with E-state index in [1.807, 2.05) is 11.8 Å². The molecule has 1 rings (SSSR count). The second-order valence-corrected chi connectivity index (χ2v) is 4.96. The van der Waals surface area contributed by atoms with Gasteiger partial charge in [-0.15, -0.1) is 0 Å². The summed E-state index contributed by atoms with van der Waals surface area (Å²) < 4.78 is 10.0. The molecule has 1 amide bonds. The molecule has 6 heteroatoms. The van der Waals surface area contributed by atoms with E-state index >= 15 is 0 Å². The molecule has 1 heterocycles. The largest absolute Gasteiger partial charge is 0.465 e. The molecule has 0 saturated carbocycles. The first-order valence-corrected chi connectivity index (χ1v) is 7.30. The van der Waals surface area contributed by atoms with Gasteiger partial charge in [-0.2, -0.15) is 0 Å². The van der Waals surface area contributed by atoms with Gasteiger partial charge in [0.05, 0.1) is 12.6 Å². The maximum Gasteiger partial charge on any atom is 0.323 e. The number of ether oxygens (including phenoxy) is 2. The maximum absolute atomic E-state index is 12.1. The highest BCUT2D eigenvalue weighted by Gasteiger charge is 2.37. The third-order valence-corrected chi connectivity index (χ3v) is 3.55. The van der Waals surface area contributed by atoms with E-state index in [4.69, 9.17) is 9.47 Å². The molecule has 116 valence electrons. The highest BCUT2D eigenvalue weighted by Crippen LogP contribution is 2.21. The summed E-state index contributed by atoms with van der Waals surface area (Å²) in [7, 11) is 1.64. The Balaban J connectivity index is 2.45. The molecule has 6 nitrogen and oxygen atoms in total. The predicted molar refractivity (Wildman–Crippen MR) is 75.3 cm³/mol. The van der Waals surface area contributed by atoms with Crippen LogP contribution in [0.25, 0.3) is 0 Å². The lowest BCUT2D eigenvalue weighted by molar-refractivity contribution is -0.149. The Labute approximate surface area is 120 Å². The van der Waals surface area contributed by atoms with Crippen LogP contribution >= 0.6 is 0 Å². The van der Waals surface area contributed by atoms with E-state index in [9.17, 15) is 9.59 Å². The number of esters is 1. The van der Waals surface area contributed by atoms with Crippen molar-refractivity contribution in [2.45, 2.75) is 45.2 Å². The number of nitrogens with zero attached hydrogens (tertiary/aromatic N) is 1. The lowest BCUT2D eigenvalue weighted by Crippen LogP contribution is -2.50. The van der Waals surface area contributed by atoms with Crippen LogP contribution in [0.2, 0.25) is 0 Å². The van der Waals surface area contributed by atoms with E-state index in [0.29, 0.717) is 19.8 Å². The number of hydrogen-bond donors (Lipinski definition) is 1. The first-order valence-electron chi connectivity index (χ1n) is 7.30. The summed E-state index contributed by atoms with van der Waals surface area (Å²) in [6.45, 7) is 5.99. The fourth-order valence-corrected chi connectivity index (χ4v) is 2.47. The van der Waals surface area contributed by atoms with Crippen molar-refractivity contribution in [3.8, 4) is 0 Å². The van der Waals surface area contributed by atoms with Gasteiger partial charge in [0, 0.05) is 20.3 Å². The lowest BCUT2D eigenvalue weighted by atomic mass is 10.2. The van der Waals surface area contributed by atoms with Crippen molar-refractivity contribution in [1.82, 2.24) is 10.2 Å². The average molecular weight is 286 g/mol. The third kappa shape index (κ3) is 4.76. The lowest BCUT2D eigenvalue weighted by Gasteiger charge is -2.28. The van der Waals surface area contributed by atoms with Crippen molar-refractivity contribution in [3.05, 3.63) is 0 Å². The Morgan fingerprint density at radius 3 is 2.85 bits per heavy atom. The van der Waals surface area contributed by atoms with Crippen LogP contribution in [0.3, 0.4) is 0 Å². The van der Waals surface area contributed by atoms with Crippen LogP contribution in [-0.4, -0.2) is 62.3 Å². The summed E-state index contributed by atoms with van der Waals surface area (Å²) in [5.74, 6) is -0.263. The SMILES string of the molecule is CCOC(=O)C1CCCN1C(C)C(=O)NCCCOC. The van der Waals surface area contributed by atoms with Gasteiger partial charge >= 0.3 is 5.97 Å². The standard InChI is InChI=1S/C14H26N2O4/c1-4-20-14(18)12-7-5-9-16(12)11(2)13(17)15-8-6-10-19-3/h11-12H,4-10H2,1-3H3,(H,15,17). The number of likely N-dealkylation sites (tertiary alicyclic amines) is 1. The minimum absolute atomic E-state index is 0.0442. The third-order valence-electron chi connectivity index (χ3n) is 3.55. The van der Waals surface area contributed by atoms with E-state index < -0.39 is 0 Å². The Morgan fingerprint density at radius 1 is 1.45 bits per heavy atom. The van der Waals surface area contributed by atoms with Gasteiger partial charge in [-0.25, -0.2) is 0 Å². The van der Waals surface area contributed by atoms with Crippen molar-refractivity contribution in [3.63, 3.8) is 0 Å². The fourth-order valence-electron chi connectivity index (χ4n) is 2.47. The quantitative estimate of drug-likeness (QED) is 0.521. The molecule has 1 aliphatic rings. The predicted octanol–water partition coefficient (Wildman–Crippen LogP) is 0.555. The summed E-state index contributed by atoms with van der Waals surface area (Å²) in [6.07, 6.45) is 2.47. The molecular weight excluding hydrogens is 260 g/mol. The van der Waals surface area contributed by atoms with Crippen LogP contribution in [-0.2, 0) is 19.1 Å². The number of hydrogen-bond acceptors (Lipinski definition) is 5. The van der Waals surface area contributed by atoms with E-state index in [-0.39, 0.29) is 24.0 Å². The topological polar surface area (TPSA) is 67.9 Å². The van der Waals surface area contributed by atoms with Crippen molar-refractivity contribution in [2.24, 2.45) is 0 Å². The molecule has 2 atom stereocenters. The highest BCUT2D eigenvalue weighted by molar-refractivity contribution is 5.83. The summed E-state index contributed by atoms with van der Waals surface area (Å²) in [5.41, 5.74) is 0. The number of carbonyl (C=O) groups excluding carboxylic acids is 2. The molecule has 1 aliphatic heterocycles. The van der Waals surface area contributed by atoms with Gasteiger partial charge in [0.1, 0.15) is 6.04 Å². The van der Waals surface area contributed by atoms with E-state index in [1.54, 1.807) is 14.0 Å². The first-order chi connectivity index (χ1) is 9.61. The van der Waals surface area contributed by atoms with Gasteiger partial charge in [-0.3, -0.25) is 14.5 Å². The summed E-state index contributed by atoms with van der Waals surface area (Å²) in [6, 6.07) is -0.593. The van der Waals surface area contributed by atoms with Gasteiger partial charge < -0.3 is 14.8 Å². The molecule has 0 spiro atoms. The second-order valence-electron chi connectivity index (χ2n) is 4.96. The number of methoxy groups -OCH3 is 1. The summed E-state index contributed by atoms with van der Waals surface area (Å²) >= 11 is 0. The monoisotopic (exact) mass is 286 g/mol. The molecule has 0 aromatic rings. The van der Waals surface area contributed by atoms with Crippen LogP contribution in [0.1, 0.15) is 33.1 Å². The normalized spacial score (nSPS) is 20.6. The van der Waals surface area contributed by atoms with Crippen LogP contribution in [0.4, 0.5) is 0 Å². The van der Waals surface area contributed by atoms with Crippen LogP contribution in [0, 0.1) is 0 Å². The zero-order valence-electron chi connectivity index (χ0n) is 12.7. The first kappa shape index (κ1) is 16.9. The average Bonchev–Trinajstić information content (AvgIpc) is 2.92. The minimum Gasteiger partial charge on any atom is -0.465 e. The molecule has 1 fully saturated rings. The second kappa shape index (κ2) is 8.92. The smallest absolute Gasteiger partial charge is 0.323 e. The summed E-state index contributed by atoms with van der Waals surface area (Å²) in [5, 5.41) is 2.87. The van der Waals surface area contributed by atoms with E-state index in [0.717, 1.165) is 25.8 Å². The molecule has 0 aromatic heterocycles. The maximum atomic E-state index is 12.1. The van der Waals surface area contributed by atoms with Crippen LogP contribution < -0.4 is 5.32 Å². The fraction of sp³-hybridized carbons (Fsp3) is 0.857. The number of nitrogens with one attached hydrogen (secondary N) is 1. The Morgan fingerprint density at radius 2 is 2.20 bits per heavy atom. The molecule has 1 N–H and O–H groups in total. The zero-order chi connectivity index (χ0) is 15.0. The molecular formula is C14H26N2O4. The van der Waals surface area contributed by atoms with Crippen LogP contribution in [0.5, 0.6) is 0 Å². The van der Waals surface area contributed by atoms with Crippen molar-refractivity contribution in [2.75, 3.05) is 33.4 Å². The van der Waals surface area contributed by atoms with Crippen LogP contribution in [0.15, 0.2) is 0 Å². The number of rotatable bonds is 8. The molecule has 2 unspecified atom stereocenters. The molecule has 0 radical (unpaired) electrons. The Kier molecular flexibility index (Phi) is 7.54. The van der Waals surface area contributed by atoms with Gasteiger partial charge in [0.25, 0.3) is 0 Å². The number of amides is 1. The number of carbonyl (C=O) groups is 2. The van der Waals surface area contributed by atoms with Crippen molar-refractivity contribution < 1.29 is 19.1 Å². The van der Waals surface area contributed by atoms with E-state index in [1.165, 1.54) is 0 Å². The van der Waals surface area contributed by atoms with Crippen molar-refractivity contribution >= 4 is 11.9 Å². The molecule has 0 aromatic carbocycles. The van der Waals surface area contributed by atoms with E-state index in [2.05, 4.69) is 5.32 Å². The molecule has 0 aliphatic carbocycles. The van der Waals surface area contributed by atoms with Gasteiger partial charge in [0.15, 0.2) is 0 Å². The molecule has 20 heavy (non-hydrogen) atoms. The highest BCUT2D eigenvalue weighted by atomic mass is 16.5. The Bertz CT molecular complexity index is 322. The summed E-state index contributed by atoms with van der Waals surface area (Å²) in [4.78, 5) is 25.9. The van der Waals surface area contributed by atoms with Gasteiger partial charge in [-0.05, 0) is 39.7 Å². The minimum atomic E-state index is -0.311.